The summed E-state index contributed by atoms with van der Waals surface area (Å²) in [5.74, 6) is 0. The molecule has 1 aromatic carbocycles. The van der Waals surface area contributed by atoms with Gasteiger partial charge in [0.05, 0.1) is 5.69 Å². The molecule has 0 amide bonds. The Morgan fingerprint density at radius 3 is 3.00 bits per heavy atom. The first-order valence-electron chi connectivity index (χ1n) is 3.86. The second kappa shape index (κ2) is 1.91. The van der Waals surface area contributed by atoms with Crippen LogP contribution in [-0.2, 0) is 0 Å². The van der Waals surface area contributed by atoms with Crippen molar-refractivity contribution < 1.29 is 0 Å². The molecule has 2 aliphatic rings. The Balaban J connectivity index is 2.57. The first kappa shape index (κ1) is 5.89. The fourth-order valence-electron chi connectivity index (χ4n) is 1.55. The highest BCUT2D eigenvalue weighted by atomic mass is 14.8. The van der Waals surface area contributed by atoms with E-state index in [0.29, 0.717) is 0 Å². The lowest BCUT2D eigenvalue weighted by atomic mass is 10.1. The van der Waals surface area contributed by atoms with Gasteiger partial charge in [-0.2, -0.15) is 0 Å². The van der Waals surface area contributed by atoms with Gasteiger partial charge in [0.2, 0.25) is 0 Å². The normalized spacial score (nSPS) is 15.3. The summed E-state index contributed by atoms with van der Waals surface area (Å²) in [7, 11) is 0. The van der Waals surface area contributed by atoms with Crippen molar-refractivity contribution in [2.24, 2.45) is 9.98 Å². The van der Waals surface area contributed by atoms with Crippen molar-refractivity contribution in [1.82, 2.24) is 0 Å². The highest BCUT2D eigenvalue weighted by Gasteiger charge is 2.07. The van der Waals surface area contributed by atoms with Crippen LogP contribution in [0.3, 0.4) is 0 Å². The number of benzene rings is 1. The monoisotopic (exact) mass is 154 g/mol. The Morgan fingerprint density at radius 1 is 1.08 bits per heavy atom. The minimum atomic E-state index is 1.06. The summed E-state index contributed by atoms with van der Waals surface area (Å²) in [5.41, 5.74) is 2.21. The third-order valence-corrected chi connectivity index (χ3v) is 2.16. The quantitative estimate of drug-likeness (QED) is 0.515. The number of hydrogen-bond acceptors (Lipinski definition) is 2. The highest BCUT2D eigenvalue weighted by molar-refractivity contribution is 6.01. The first-order chi connectivity index (χ1) is 5.95. The number of nitrogens with zero attached hydrogens (tertiary/aromatic N) is 2. The lowest BCUT2D eigenvalue weighted by molar-refractivity contribution is 1.47. The maximum Gasteiger partial charge on any atom is 0.0796 e. The predicted octanol–water partition coefficient (Wildman–Crippen LogP) is 0.354. The van der Waals surface area contributed by atoms with E-state index in [-0.39, 0.29) is 0 Å². The molecule has 2 aliphatic heterocycles. The molecule has 12 heavy (non-hydrogen) atoms. The van der Waals surface area contributed by atoms with Gasteiger partial charge >= 0.3 is 0 Å². The van der Waals surface area contributed by atoms with Gasteiger partial charge in [-0.15, -0.1) is 0 Å². The van der Waals surface area contributed by atoms with E-state index in [1.165, 1.54) is 10.4 Å². The second-order valence-corrected chi connectivity index (χ2v) is 2.86. The van der Waals surface area contributed by atoms with E-state index in [1.807, 2.05) is 24.7 Å². The SMILES string of the molecule is C1=NC=c2ccc3c(c21)N=CC=3. The van der Waals surface area contributed by atoms with E-state index in [9.17, 15) is 0 Å². The minimum absolute atomic E-state index is 1.06. The Hall–Kier alpha value is -1.70. The van der Waals surface area contributed by atoms with Crippen molar-refractivity contribution in [2.45, 2.75) is 0 Å². The molecule has 56 valence electrons. The smallest absolute Gasteiger partial charge is 0.0796 e. The van der Waals surface area contributed by atoms with Crippen LogP contribution in [0, 0.1) is 0 Å². The zero-order valence-electron chi connectivity index (χ0n) is 6.36. The zero-order chi connectivity index (χ0) is 7.97. The van der Waals surface area contributed by atoms with Gasteiger partial charge in [0.15, 0.2) is 0 Å². The topological polar surface area (TPSA) is 24.7 Å². The Bertz CT molecular complexity index is 473. The largest absolute Gasteiger partial charge is 0.263 e. The molecular formula is C10H6N2. The van der Waals surface area contributed by atoms with E-state index in [4.69, 9.17) is 0 Å². The first-order valence-corrected chi connectivity index (χ1v) is 3.86. The molecule has 0 aliphatic carbocycles. The van der Waals surface area contributed by atoms with Gasteiger partial charge in [-0.3, -0.25) is 9.98 Å². The molecule has 2 heterocycles. The van der Waals surface area contributed by atoms with Gasteiger partial charge in [0.1, 0.15) is 0 Å². The Labute approximate surface area is 69.3 Å². The van der Waals surface area contributed by atoms with Crippen molar-refractivity contribution >= 4 is 30.4 Å². The number of rotatable bonds is 0. The Morgan fingerprint density at radius 2 is 2.00 bits per heavy atom. The lowest BCUT2D eigenvalue weighted by Crippen LogP contribution is -2.11. The molecule has 0 fully saturated rings. The molecule has 0 bridgehead atoms. The third-order valence-electron chi connectivity index (χ3n) is 2.16. The van der Waals surface area contributed by atoms with E-state index in [2.05, 4.69) is 22.1 Å². The number of aliphatic imine (C=N–C) groups is 2. The van der Waals surface area contributed by atoms with Crippen LogP contribution in [0.4, 0.5) is 5.69 Å². The molecule has 2 heteroatoms. The summed E-state index contributed by atoms with van der Waals surface area (Å²) in [4.78, 5) is 8.37. The molecule has 0 unspecified atom stereocenters. The van der Waals surface area contributed by atoms with Crippen molar-refractivity contribution in [3.8, 4) is 0 Å². The molecule has 2 nitrogen and oxygen atoms in total. The lowest BCUT2D eigenvalue weighted by Gasteiger charge is -1.94. The average molecular weight is 154 g/mol. The average Bonchev–Trinajstić information content (AvgIpc) is 2.71. The fourth-order valence-corrected chi connectivity index (χ4v) is 1.55. The van der Waals surface area contributed by atoms with Crippen LogP contribution in [-0.4, -0.2) is 12.4 Å². The summed E-state index contributed by atoms with van der Waals surface area (Å²) >= 11 is 0. The molecule has 0 aromatic heterocycles. The number of hydrogen-bond donors (Lipinski definition) is 0. The van der Waals surface area contributed by atoms with Gasteiger partial charge < -0.3 is 0 Å². The van der Waals surface area contributed by atoms with Crippen LogP contribution in [0.15, 0.2) is 22.1 Å². The molecule has 1 aromatic rings. The highest BCUT2D eigenvalue weighted by Crippen LogP contribution is 2.12. The van der Waals surface area contributed by atoms with E-state index in [1.54, 1.807) is 0 Å². The zero-order valence-corrected chi connectivity index (χ0v) is 6.36. The molecule has 0 saturated heterocycles. The summed E-state index contributed by atoms with van der Waals surface area (Å²) < 4.78 is 0. The van der Waals surface area contributed by atoms with Gasteiger partial charge in [0, 0.05) is 34.6 Å². The number of fused-ring (bicyclic) bond motifs is 3. The molecular weight excluding hydrogens is 148 g/mol. The van der Waals surface area contributed by atoms with Gasteiger partial charge in [0.25, 0.3) is 0 Å². The maximum absolute atomic E-state index is 4.28. The van der Waals surface area contributed by atoms with Crippen molar-refractivity contribution in [3.63, 3.8) is 0 Å². The van der Waals surface area contributed by atoms with Crippen molar-refractivity contribution in [1.29, 1.82) is 0 Å². The molecule has 0 N–H and O–H groups in total. The molecule has 0 saturated carbocycles. The Kier molecular flexibility index (Phi) is 0.939. The second-order valence-electron chi connectivity index (χ2n) is 2.86. The van der Waals surface area contributed by atoms with Crippen LogP contribution >= 0.6 is 0 Å². The fraction of sp³-hybridized carbons (Fsp3) is 0. The molecule has 3 rings (SSSR count). The molecule has 0 radical (unpaired) electrons. The summed E-state index contributed by atoms with van der Waals surface area (Å²) in [6.45, 7) is 0. The van der Waals surface area contributed by atoms with Crippen LogP contribution in [0.1, 0.15) is 5.56 Å². The molecule has 0 spiro atoms. The van der Waals surface area contributed by atoms with Crippen molar-refractivity contribution in [2.75, 3.05) is 0 Å². The standard InChI is InChI=1S/C10H6N2/c1-2-8-5-11-6-9(8)10-7(1)3-4-12-10/h1-6H. The predicted molar refractivity (Wildman–Crippen MR) is 50.4 cm³/mol. The van der Waals surface area contributed by atoms with E-state index < -0.39 is 0 Å². The van der Waals surface area contributed by atoms with Crippen LogP contribution in [0.25, 0.3) is 12.3 Å². The van der Waals surface area contributed by atoms with Crippen LogP contribution < -0.4 is 10.4 Å². The summed E-state index contributed by atoms with van der Waals surface area (Å²) in [6.07, 6.45) is 7.58. The van der Waals surface area contributed by atoms with Gasteiger partial charge in [-0.1, -0.05) is 12.1 Å². The summed E-state index contributed by atoms with van der Waals surface area (Å²) in [5, 5.41) is 2.36. The summed E-state index contributed by atoms with van der Waals surface area (Å²) in [6, 6.07) is 4.15. The third kappa shape index (κ3) is 0.593. The van der Waals surface area contributed by atoms with Crippen molar-refractivity contribution in [3.05, 3.63) is 28.1 Å². The maximum atomic E-state index is 4.28. The van der Waals surface area contributed by atoms with E-state index >= 15 is 0 Å². The minimum Gasteiger partial charge on any atom is -0.263 e. The van der Waals surface area contributed by atoms with Crippen LogP contribution in [0.5, 0.6) is 0 Å². The van der Waals surface area contributed by atoms with Gasteiger partial charge in [-0.05, 0) is 6.08 Å². The van der Waals surface area contributed by atoms with Gasteiger partial charge in [-0.25, -0.2) is 0 Å². The van der Waals surface area contributed by atoms with Crippen LogP contribution in [0.2, 0.25) is 0 Å². The molecule has 0 atom stereocenters. The van der Waals surface area contributed by atoms with E-state index in [0.717, 1.165) is 11.3 Å².